The molecule has 24 heavy (non-hydrogen) atoms. The van der Waals surface area contributed by atoms with E-state index in [0.29, 0.717) is 6.07 Å². The molecule has 0 heterocycles. The van der Waals surface area contributed by atoms with Crippen LogP contribution in [-0.2, 0) is 6.18 Å². The average molecular weight is 359 g/mol. The molecule has 0 aliphatic carbocycles. The number of alkyl halides is 3. The Balaban J connectivity index is 2.42. The molecule has 0 aromatic heterocycles. The van der Waals surface area contributed by atoms with Crippen molar-refractivity contribution in [3.63, 3.8) is 0 Å². The van der Waals surface area contributed by atoms with Gasteiger partial charge in [0.05, 0.1) is 16.2 Å². The normalized spacial score (nSPS) is 11.2. The number of nitro groups is 1. The van der Waals surface area contributed by atoms with Gasteiger partial charge < -0.3 is 5.32 Å². The molecule has 1 amide bonds. The SMILES string of the molecule is Cc1c(C(=O)Nc2ccc(Cl)cc2C(F)(F)F)cccc1[N+](=O)[O-]. The van der Waals surface area contributed by atoms with Crippen LogP contribution in [0.2, 0.25) is 5.02 Å². The number of halogens is 4. The van der Waals surface area contributed by atoms with Crippen LogP contribution in [-0.4, -0.2) is 10.8 Å². The van der Waals surface area contributed by atoms with Crippen molar-refractivity contribution in [2.45, 2.75) is 13.1 Å². The summed E-state index contributed by atoms with van der Waals surface area (Å²) in [5, 5.41) is 12.9. The second-order valence-corrected chi connectivity index (χ2v) is 5.29. The van der Waals surface area contributed by atoms with Gasteiger partial charge in [-0.15, -0.1) is 0 Å². The van der Waals surface area contributed by atoms with Gasteiger partial charge in [0, 0.05) is 22.2 Å². The standard InChI is InChI=1S/C15H10ClF3N2O3/c1-8-10(3-2-4-13(8)21(23)24)14(22)20-12-6-5-9(16)7-11(12)15(17,18)19/h2-7H,1H3,(H,20,22). The van der Waals surface area contributed by atoms with E-state index in [1.54, 1.807) is 0 Å². The van der Waals surface area contributed by atoms with Gasteiger partial charge in [0.2, 0.25) is 0 Å². The number of rotatable bonds is 3. The van der Waals surface area contributed by atoms with E-state index in [-0.39, 0.29) is 21.8 Å². The van der Waals surface area contributed by atoms with E-state index >= 15 is 0 Å². The van der Waals surface area contributed by atoms with Crippen LogP contribution < -0.4 is 5.32 Å². The summed E-state index contributed by atoms with van der Waals surface area (Å²) in [5.74, 6) is -0.885. The van der Waals surface area contributed by atoms with Gasteiger partial charge >= 0.3 is 6.18 Å². The van der Waals surface area contributed by atoms with Crippen LogP contribution >= 0.6 is 11.6 Å². The van der Waals surface area contributed by atoms with Crippen molar-refractivity contribution in [2.24, 2.45) is 0 Å². The molecule has 0 fully saturated rings. The van der Waals surface area contributed by atoms with Crippen molar-refractivity contribution in [3.05, 3.63) is 68.2 Å². The molecule has 0 unspecified atom stereocenters. The molecule has 0 atom stereocenters. The zero-order chi connectivity index (χ0) is 18.1. The van der Waals surface area contributed by atoms with Crippen LogP contribution in [0, 0.1) is 17.0 Å². The molecule has 2 aromatic carbocycles. The second kappa shape index (κ2) is 6.48. The number of nitrogens with zero attached hydrogens (tertiary/aromatic N) is 1. The molecule has 126 valence electrons. The number of hydrogen-bond donors (Lipinski definition) is 1. The highest BCUT2D eigenvalue weighted by Crippen LogP contribution is 2.36. The first-order valence-corrected chi connectivity index (χ1v) is 6.91. The Labute approximate surface area is 139 Å². The predicted molar refractivity (Wildman–Crippen MR) is 82.2 cm³/mol. The fourth-order valence-electron chi connectivity index (χ4n) is 2.12. The van der Waals surface area contributed by atoms with Crippen molar-refractivity contribution < 1.29 is 22.9 Å². The van der Waals surface area contributed by atoms with Gasteiger partial charge in [-0.05, 0) is 31.2 Å². The maximum atomic E-state index is 13.0. The second-order valence-electron chi connectivity index (χ2n) is 4.85. The summed E-state index contributed by atoms with van der Waals surface area (Å²) in [5.41, 5.74) is -1.92. The molecule has 0 saturated carbocycles. The van der Waals surface area contributed by atoms with E-state index < -0.39 is 28.3 Å². The minimum Gasteiger partial charge on any atom is -0.321 e. The minimum absolute atomic E-state index is 0.0579. The van der Waals surface area contributed by atoms with E-state index in [4.69, 9.17) is 11.6 Å². The molecular weight excluding hydrogens is 349 g/mol. The fourth-order valence-corrected chi connectivity index (χ4v) is 2.29. The van der Waals surface area contributed by atoms with Crippen LogP contribution in [0.4, 0.5) is 24.5 Å². The van der Waals surface area contributed by atoms with Crippen LogP contribution in [0.15, 0.2) is 36.4 Å². The molecule has 0 bridgehead atoms. The zero-order valence-corrected chi connectivity index (χ0v) is 12.9. The Morgan fingerprint density at radius 2 is 1.92 bits per heavy atom. The van der Waals surface area contributed by atoms with Gasteiger partial charge in [0.25, 0.3) is 11.6 Å². The van der Waals surface area contributed by atoms with Gasteiger partial charge in [0.15, 0.2) is 0 Å². The summed E-state index contributed by atoms with van der Waals surface area (Å²) in [4.78, 5) is 22.5. The lowest BCUT2D eigenvalue weighted by Gasteiger charge is -2.14. The first-order chi connectivity index (χ1) is 11.1. The lowest BCUT2D eigenvalue weighted by molar-refractivity contribution is -0.385. The van der Waals surface area contributed by atoms with E-state index in [1.165, 1.54) is 31.2 Å². The number of benzene rings is 2. The van der Waals surface area contributed by atoms with Crippen molar-refractivity contribution >= 4 is 28.9 Å². The Hall–Kier alpha value is -2.61. The monoisotopic (exact) mass is 358 g/mol. The Morgan fingerprint density at radius 3 is 2.50 bits per heavy atom. The molecule has 0 aliphatic heterocycles. The van der Waals surface area contributed by atoms with Gasteiger partial charge in [-0.3, -0.25) is 14.9 Å². The molecule has 5 nitrogen and oxygen atoms in total. The third kappa shape index (κ3) is 3.65. The van der Waals surface area contributed by atoms with Crippen LogP contribution in [0.25, 0.3) is 0 Å². The lowest BCUT2D eigenvalue weighted by atomic mass is 10.1. The highest BCUT2D eigenvalue weighted by atomic mass is 35.5. The first kappa shape index (κ1) is 17.7. The molecule has 2 rings (SSSR count). The Bertz CT molecular complexity index is 822. The number of anilines is 1. The van der Waals surface area contributed by atoms with Gasteiger partial charge in [-0.1, -0.05) is 17.7 Å². The van der Waals surface area contributed by atoms with Crippen LogP contribution in [0.3, 0.4) is 0 Å². The van der Waals surface area contributed by atoms with Crippen molar-refractivity contribution in [3.8, 4) is 0 Å². The van der Waals surface area contributed by atoms with Crippen molar-refractivity contribution in [1.82, 2.24) is 0 Å². The molecule has 2 aromatic rings. The lowest BCUT2D eigenvalue weighted by Crippen LogP contribution is -2.18. The zero-order valence-electron chi connectivity index (χ0n) is 12.1. The number of nitrogens with one attached hydrogen (secondary N) is 1. The maximum absolute atomic E-state index is 13.0. The summed E-state index contributed by atoms with van der Waals surface area (Å²) >= 11 is 5.57. The number of hydrogen-bond acceptors (Lipinski definition) is 3. The Kier molecular flexibility index (Phi) is 4.79. The Morgan fingerprint density at radius 1 is 1.25 bits per heavy atom. The van der Waals surface area contributed by atoms with Crippen LogP contribution in [0.5, 0.6) is 0 Å². The molecule has 0 radical (unpaired) electrons. The fraction of sp³-hybridized carbons (Fsp3) is 0.133. The minimum atomic E-state index is -4.72. The highest BCUT2D eigenvalue weighted by molar-refractivity contribution is 6.30. The topological polar surface area (TPSA) is 72.2 Å². The van der Waals surface area contributed by atoms with Crippen LogP contribution in [0.1, 0.15) is 21.5 Å². The molecular formula is C15H10ClF3N2O3. The van der Waals surface area contributed by atoms with E-state index in [9.17, 15) is 28.1 Å². The quantitative estimate of drug-likeness (QED) is 0.631. The van der Waals surface area contributed by atoms with Gasteiger partial charge in [0.1, 0.15) is 0 Å². The summed E-state index contributed by atoms with van der Waals surface area (Å²) in [6.07, 6.45) is -4.72. The molecule has 0 aliphatic rings. The molecule has 1 N–H and O–H groups in total. The number of carbonyl (C=O) groups is 1. The number of carbonyl (C=O) groups excluding carboxylic acids is 1. The largest absolute Gasteiger partial charge is 0.418 e. The number of amides is 1. The van der Waals surface area contributed by atoms with E-state index in [0.717, 1.165) is 6.07 Å². The third-order valence-electron chi connectivity index (χ3n) is 3.28. The summed E-state index contributed by atoms with van der Waals surface area (Å²) in [6.45, 7) is 1.35. The predicted octanol–water partition coefficient (Wildman–Crippen LogP) is 4.83. The van der Waals surface area contributed by atoms with Gasteiger partial charge in [-0.25, -0.2) is 0 Å². The van der Waals surface area contributed by atoms with Crippen molar-refractivity contribution in [2.75, 3.05) is 5.32 Å². The molecule has 0 spiro atoms. The maximum Gasteiger partial charge on any atom is 0.418 e. The highest BCUT2D eigenvalue weighted by Gasteiger charge is 2.34. The average Bonchev–Trinajstić information content (AvgIpc) is 2.47. The van der Waals surface area contributed by atoms with E-state index in [1.807, 2.05) is 0 Å². The molecule has 9 heteroatoms. The number of nitro benzene ring substituents is 1. The third-order valence-corrected chi connectivity index (χ3v) is 3.52. The smallest absolute Gasteiger partial charge is 0.321 e. The van der Waals surface area contributed by atoms with E-state index in [2.05, 4.69) is 5.32 Å². The first-order valence-electron chi connectivity index (χ1n) is 6.53. The van der Waals surface area contributed by atoms with Gasteiger partial charge in [-0.2, -0.15) is 13.2 Å². The van der Waals surface area contributed by atoms with Crippen molar-refractivity contribution in [1.29, 1.82) is 0 Å². The summed E-state index contributed by atoms with van der Waals surface area (Å²) in [6, 6.07) is 6.70. The summed E-state index contributed by atoms with van der Waals surface area (Å²) < 4.78 is 39.1. The molecule has 0 saturated heterocycles. The summed E-state index contributed by atoms with van der Waals surface area (Å²) in [7, 11) is 0.